The van der Waals surface area contributed by atoms with Gasteiger partial charge in [-0.15, -0.1) is 0 Å². The van der Waals surface area contributed by atoms with Crippen LogP contribution < -0.4 is 5.32 Å². The van der Waals surface area contributed by atoms with Crippen molar-refractivity contribution in [2.75, 3.05) is 19.0 Å². The van der Waals surface area contributed by atoms with Crippen LogP contribution in [0.4, 0.5) is 5.69 Å². The molecule has 0 aromatic carbocycles. The van der Waals surface area contributed by atoms with Crippen molar-refractivity contribution in [1.29, 1.82) is 0 Å². The maximum absolute atomic E-state index is 12.0. The molecule has 0 saturated heterocycles. The fraction of sp³-hybridized carbons (Fsp3) is 0.385. The summed E-state index contributed by atoms with van der Waals surface area (Å²) in [7, 11) is 1.66. The Morgan fingerprint density at radius 3 is 2.95 bits per heavy atom. The summed E-state index contributed by atoms with van der Waals surface area (Å²) < 4.78 is 6.89. The van der Waals surface area contributed by atoms with Crippen LogP contribution in [-0.2, 0) is 11.3 Å². The molecule has 0 bridgehead atoms. The van der Waals surface area contributed by atoms with E-state index < -0.39 is 0 Å². The summed E-state index contributed by atoms with van der Waals surface area (Å²) in [5.41, 5.74) is 3.22. The minimum atomic E-state index is -0.0984. The van der Waals surface area contributed by atoms with Gasteiger partial charge in [-0.05, 0) is 25.3 Å². The van der Waals surface area contributed by atoms with Crippen molar-refractivity contribution in [1.82, 2.24) is 9.78 Å². The zero-order valence-electron chi connectivity index (χ0n) is 11.3. The van der Waals surface area contributed by atoms with Gasteiger partial charge in [0.15, 0.2) is 0 Å². The van der Waals surface area contributed by atoms with E-state index in [9.17, 15) is 4.79 Å². The molecule has 0 spiro atoms. The van der Waals surface area contributed by atoms with E-state index in [1.54, 1.807) is 13.2 Å². The van der Waals surface area contributed by atoms with Gasteiger partial charge in [-0.2, -0.15) is 16.4 Å². The molecular formula is C13H17N3O2S. The van der Waals surface area contributed by atoms with Crippen LogP contribution in [0.15, 0.2) is 16.8 Å². The Morgan fingerprint density at radius 2 is 2.32 bits per heavy atom. The fourth-order valence-corrected chi connectivity index (χ4v) is 2.49. The van der Waals surface area contributed by atoms with Gasteiger partial charge in [-0.25, -0.2) is 0 Å². The standard InChI is InChI=1S/C13H17N3O2S/c1-9-12(10(2)16(15-9)5-6-18-3)14-13(17)11-4-7-19-8-11/h4,7-8H,5-6H2,1-3H3,(H,14,17). The van der Waals surface area contributed by atoms with Gasteiger partial charge < -0.3 is 10.1 Å². The molecule has 0 unspecified atom stereocenters. The molecule has 0 fully saturated rings. The Kier molecular flexibility index (Phi) is 4.34. The Bertz CT molecular complexity index is 561. The molecule has 2 aromatic heterocycles. The Morgan fingerprint density at radius 1 is 1.53 bits per heavy atom. The number of hydrogen-bond acceptors (Lipinski definition) is 4. The molecule has 102 valence electrons. The first kappa shape index (κ1) is 13.8. The summed E-state index contributed by atoms with van der Waals surface area (Å²) in [6, 6.07) is 1.81. The lowest BCUT2D eigenvalue weighted by molar-refractivity contribution is 0.102. The lowest BCUT2D eigenvalue weighted by Crippen LogP contribution is -2.12. The minimum Gasteiger partial charge on any atom is -0.383 e. The average Bonchev–Trinajstić information content (AvgIpc) is 3.00. The van der Waals surface area contributed by atoms with E-state index in [1.165, 1.54) is 11.3 Å². The first-order valence-corrected chi connectivity index (χ1v) is 6.94. The number of thiophene rings is 1. The molecule has 2 aromatic rings. The average molecular weight is 279 g/mol. The number of aromatic nitrogens is 2. The monoisotopic (exact) mass is 279 g/mol. The van der Waals surface area contributed by atoms with Gasteiger partial charge in [0, 0.05) is 12.5 Å². The van der Waals surface area contributed by atoms with Crippen LogP contribution in [0, 0.1) is 13.8 Å². The number of anilines is 1. The molecule has 2 heterocycles. The second-order valence-corrected chi connectivity index (χ2v) is 5.01. The van der Waals surface area contributed by atoms with Crippen LogP contribution in [-0.4, -0.2) is 29.4 Å². The van der Waals surface area contributed by atoms with Crippen LogP contribution in [0.3, 0.4) is 0 Å². The van der Waals surface area contributed by atoms with Crippen molar-refractivity contribution in [3.05, 3.63) is 33.8 Å². The number of nitrogens with one attached hydrogen (secondary N) is 1. The van der Waals surface area contributed by atoms with Crippen LogP contribution in [0.5, 0.6) is 0 Å². The quantitative estimate of drug-likeness (QED) is 0.914. The molecule has 0 radical (unpaired) electrons. The third-order valence-electron chi connectivity index (χ3n) is 2.91. The van der Waals surface area contributed by atoms with E-state index in [-0.39, 0.29) is 5.91 Å². The maximum atomic E-state index is 12.0. The van der Waals surface area contributed by atoms with Crippen LogP contribution in [0.1, 0.15) is 21.7 Å². The predicted molar refractivity (Wildman–Crippen MR) is 75.8 cm³/mol. The highest BCUT2D eigenvalue weighted by molar-refractivity contribution is 7.08. The predicted octanol–water partition coefficient (Wildman–Crippen LogP) is 2.46. The van der Waals surface area contributed by atoms with Gasteiger partial charge in [0.05, 0.1) is 35.8 Å². The Hall–Kier alpha value is -1.66. The van der Waals surface area contributed by atoms with E-state index in [2.05, 4.69) is 10.4 Å². The normalized spacial score (nSPS) is 10.7. The van der Waals surface area contributed by atoms with E-state index >= 15 is 0 Å². The molecule has 5 nitrogen and oxygen atoms in total. The number of rotatable bonds is 5. The number of hydrogen-bond donors (Lipinski definition) is 1. The van der Waals surface area contributed by atoms with Crippen molar-refractivity contribution >= 4 is 22.9 Å². The topological polar surface area (TPSA) is 56.1 Å². The smallest absolute Gasteiger partial charge is 0.256 e. The molecule has 19 heavy (non-hydrogen) atoms. The maximum Gasteiger partial charge on any atom is 0.256 e. The summed E-state index contributed by atoms with van der Waals surface area (Å²) in [6.07, 6.45) is 0. The highest BCUT2D eigenvalue weighted by Crippen LogP contribution is 2.20. The minimum absolute atomic E-state index is 0.0984. The van der Waals surface area contributed by atoms with E-state index in [0.717, 1.165) is 17.1 Å². The first-order valence-electron chi connectivity index (χ1n) is 6.00. The Labute approximate surface area is 116 Å². The SMILES string of the molecule is COCCn1nc(C)c(NC(=O)c2ccsc2)c1C. The molecule has 6 heteroatoms. The van der Waals surface area contributed by atoms with Gasteiger partial charge in [0.2, 0.25) is 0 Å². The molecule has 0 aliphatic heterocycles. The molecule has 1 amide bonds. The largest absolute Gasteiger partial charge is 0.383 e. The fourth-order valence-electron chi connectivity index (χ4n) is 1.85. The first-order chi connectivity index (χ1) is 9.13. The lowest BCUT2D eigenvalue weighted by Gasteiger charge is -2.06. The van der Waals surface area contributed by atoms with Gasteiger partial charge in [-0.3, -0.25) is 9.48 Å². The van der Waals surface area contributed by atoms with Crippen molar-refractivity contribution in [3.8, 4) is 0 Å². The number of amides is 1. The van der Waals surface area contributed by atoms with Gasteiger partial charge >= 0.3 is 0 Å². The summed E-state index contributed by atoms with van der Waals surface area (Å²) in [5, 5.41) is 11.0. The summed E-state index contributed by atoms with van der Waals surface area (Å²) in [4.78, 5) is 12.0. The van der Waals surface area contributed by atoms with E-state index in [1.807, 2.05) is 29.3 Å². The third-order valence-corrected chi connectivity index (χ3v) is 3.59. The summed E-state index contributed by atoms with van der Waals surface area (Å²) in [5.74, 6) is -0.0984. The Balaban J connectivity index is 2.16. The van der Waals surface area contributed by atoms with Crippen molar-refractivity contribution < 1.29 is 9.53 Å². The number of nitrogens with zero attached hydrogens (tertiary/aromatic N) is 2. The zero-order chi connectivity index (χ0) is 13.8. The van der Waals surface area contributed by atoms with Crippen LogP contribution in [0.2, 0.25) is 0 Å². The molecule has 0 aliphatic rings. The molecule has 1 N–H and O–H groups in total. The van der Waals surface area contributed by atoms with Crippen molar-refractivity contribution in [2.24, 2.45) is 0 Å². The lowest BCUT2D eigenvalue weighted by atomic mass is 10.2. The van der Waals surface area contributed by atoms with Crippen molar-refractivity contribution in [3.63, 3.8) is 0 Å². The number of carbonyl (C=O) groups excluding carboxylic acids is 1. The molecule has 0 aliphatic carbocycles. The van der Waals surface area contributed by atoms with Gasteiger partial charge in [-0.1, -0.05) is 0 Å². The summed E-state index contributed by atoms with van der Waals surface area (Å²) in [6.45, 7) is 5.11. The highest BCUT2D eigenvalue weighted by atomic mass is 32.1. The second kappa shape index (κ2) is 5.99. The number of methoxy groups -OCH3 is 1. The second-order valence-electron chi connectivity index (χ2n) is 4.23. The number of carbonyl (C=O) groups is 1. The van der Waals surface area contributed by atoms with Crippen LogP contribution >= 0.6 is 11.3 Å². The molecule has 0 atom stereocenters. The highest BCUT2D eigenvalue weighted by Gasteiger charge is 2.15. The van der Waals surface area contributed by atoms with Gasteiger partial charge in [0.1, 0.15) is 0 Å². The molecular weight excluding hydrogens is 262 g/mol. The van der Waals surface area contributed by atoms with E-state index in [4.69, 9.17) is 4.74 Å². The van der Waals surface area contributed by atoms with Crippen molar-refractivity contribution in [2.45, 2.75) is 20.4 Å². The number of ether oxygens (including phenoxy) is 1. The van der Waals surface area contributed by atoms with Crippen LogP contribution in [0.25, 0.3) is 0 Å². The zero-order valence-corrected chi connectivity index (χ0v) is 12.1. The van der Waals surface area contributed by atoms with Gasteiger partial charge in [0.25, 0.3) is 5.91 Å². The third kappa shape index (κ3) is 3.02. The van der Waals surface area contributed by atoms with E-state index in [0.29, 0.717) is 18.7 Å². The molecule has 0 saturated carbocycles. The number of aryl methyl sites for hydroxylation is 1. The molecule has 2 rings (SSSR count). The summed E-state index contributed by atoms with van der Waals surface area (Å²) >= 11 is 1.50.